The van der Waals surface area contributed by atoms with Crippen LogP contribution >= 0.6 is 0 Å². The van der Waals surface area contributed by atoms with Gasteiger partial charge in [-0.2, -0.15) is 0 Å². The monoisotopic (exact) mass is 200 g/mol. The van der Waals surface area contributed by atoms with E-state index in [1.54, 1.807) is 0 Å². The van der Waals surface area contributed by atoms with Crippen LogP contribution in [-0.2, 0) is 0 Å². The molecule has 1 aliphatic rings. The van der Waals surface area contributed by atoms with Crippen LogP contribution in [0.3, 0.4) is 0 Å². The van der Waals surface area contributed by atoms with Crippen LogP contribution in [0.4, 0.5) is 0 Å². The Morgan fingerprint density at radius 1 is 1.36 bits per heavy atom. The Morgan fingerprint density at radius 3 is 2.50 bits per heavy atom. The van der Waals surface area contributed by atoms with Gasteiger partial charge in [-0.1, -0.05) is 27.7 Å². The zero-order chi connectivity index (χ0) is 11.0. The molecule has 2 heteroatoms. The van der Waals surface area contributed by atoms with Gasteiger partial charge in [0.2, 0.25) is 0 Å². The Bertz CT molecular complexity index is 123. The lowest BCUT2D eigenvalue weighted by atomic mass is 9.87. The number of nitrogens with one attached hydrogen (secondary N) is 1. The number of nitrogens with zero attached hydrogens (tertiary/aromatic N) is 1. The maximum atomic E-state index is 3.44. The van der Waals surface area contributed by atoms with Crippen LogP contribution in [0.2, 0.25) is 0 Å². The van der Waals surface area contributed by atoms with Gasteiger partial charge >= 0.3 is 0 Å². The second-order valence-electron chi connectivity index (χ2n) is 4.10. The van der Waals surface area contributed by atoms with Crippen molar-refractivity contribution in [3.8, 4) is 0 Å². The number of likely N-dealkylation sites (tertiary alicyclic amines) is 1. The van der Waals surface area contributed by atoms with E-state index >= 15 is 0 Å². The van der Waals surface area contributed by atoms with Gasteiger partial charge in [0.05, 0.1) is 0 Å². The fourth-order valence-corrected chi connectivity index (χ4v) is 2.04. The first-order chi connectivity index (χ1) is 6.74. The zero-order valence-electron chi connectivity index (χ0n) is 10.6. The third-order valence-corrected chi connectivity index (χ3v) is 2.94. The fourth-order valence-electron chi connectivity index (χ4n) is 2.04. The largest absolute Gasteiger partial charge is 0.317 e. The summed E-state index contributed by atoms with van der Waals surface area (Å²) in [5.74, 6) is 1.77. The van der Waals surface area contributed by atoms with E-state index in [2.05, 4.69) is 31.1 Å². The normalized spacial score (nSPS) is 28.1. The minimum absolute atomic E-state index is 0.864. The van der Waals surface area contributed by atoms with Gasteiger partial charge < -0.3 is 10.2 Å². The second kappa shape index (κ2) is 8.25. The predicted molar refractivity (Wildman–Crippen MR) is 64.7 cm³/mol. The van der Waals surface area contributed by atoms with Crippen LogP contribution in [0.15, 0.2) is 0 Å². The van der Waals surface area contributed by atoms with Gasteiger partial charge in [0.15, 0.2) is 0 Å². The molecular formula is C12H28N2. The molecule has 1 aliphatic heterocycles. The van der Waals surface area contributed by atoms with Crippen molar-refractivity contribution in [2.45, 2.75) is 34.1 Å². The molecule has 0 spiro atoms. The molecule has 1 saturated heterocycles. The summed E-state index contributed by atoms with van der Waals surface area (Å²) in [6.45, 7) is 13.4. The summed E-state index contributed by atoms with van der Waals surface area (Å²) in [4.78, 5) is 2.44. The van der Waals surface area contributed by atoms with Crippen LogP contribution in [-0.4, -0.2) is 38.1 Å². The molecule has 0 bridgehead atoms. The third-order valence-electron chi connectivity index (χ3n) is 2.94. The summed E-state index contributed by atoms with van der Waals surface area (Å²) in [6.07, 6.45) is 1.37. The highest BCUT2D eigenvalue weighted by atomic mass is 15.1. The van der Waals surface area contributed by atoms with Crippen molar-refractivity contribution in [3.63, 3.8) is 0 Å². The molecule has 0 saturated carbocycles. The molecule has 0 radical (unpaired) electrons. The van der Waals surface area contributed by atoms with Gasteiger partial charge in [0, 0.05) is 6.54 Å². The standard InChI is InChI=1S/C10H22N2.C2H6/c1-4-11-7-10-5-6-12(3)8-9(10)2;1-2/h9-11H,4-8H2,1-3H3;1-2H3. The number of rotatable bonds is 3. The van der Waals surface area contributed by atoms with E-state index in [-0.39, 0.29) is 0 Å². The lowest BCUT2D eigenvalue weighted by molar-refractivity contribution is 0.153. The summed E-state index contributed by atoms with van der Waals surface area (Å²) in [5.41, 5.74) is 0. The third kappa shape index (κ3) is 4.97. The van der Waals surface area contributed by atoms with E-state index < -0.39 is 0 Å². The molecule has 14 heavy (non-hydrogen) atoms. The summed E-state index contributed by atoms with van der Waals surface area (Å²) >= 11 is 0. The van der Waals surface area contributed by atoms with Gasteiger partial charge in [-0.05, 0) is 44.9 Å². The van der Waals surface area contributed by atoms with E-state index in [4.69, 9.17) is 0 Å². The van der Waals surface area contributed by atoms with E-state index in [0.717, 1.165) is 18.4 Å². The Morgan fingerprint density at radius 2 is 2.00 bits per heavy atom. The van der Waals surface area contributed by atoms with Gasteiger partial charge in [-0.15, -0.1) is 0 Å². The first-order valence-corrected chi connectivity index (χ1v) is 6.13. The van der Waals surface area contributed by atoms with Crippen molar-refractivity contribution in [2.24, 2.45) is 11.8 Å². The highest BCUT2D eigenvalue weighted by Gasteiger charge is 2.23. The molecule has 2 atom stereocenters. The lowest BCUT2D eigenvalue weighted by Gasteiger charge is -2.34. The summed E-state index contributed by atoms with van der Waals surface area (Å²) in [7, 11) is 2.22. The van der Waals surface area contributed by atoms with Gasteiger partial charge in [0.25, 0.3) is 0 Å². The molecule has 1 heterocycles. The van der Waals surface area contributed by atoms with Crippen molar-refractivity contribution in [1.82, 2.24) is 10.2 Å². The Labute approximate surface area is 90.1 Å². The van der Waals surface area contributed by atoms with Crippen molar-refractivity contribution in [1.29, 1.82) is 0 Å². The van der Waals surface area contributed by atoms with Crippen LogP contribution < -0.4 is 5.32 Å². The van der Waals surface area contributed by atoms with E-state index in [1.165, 1.54) is 26.1 Å². The fraction of sp³-hybridized carbons (Fsp3) is 1.00. The highest BCUT2D eigenvalue weighted by Crippen LogP contribution is 2.21. The van der Waals surface area contributed by atoms with Crippen LogP contribution in [0, 0.1) is 11.8 Å². The van der Waals surface area contributed by atoms with E-state index in [1.807, 2.05) is 13.8 Å². The number of hydrogen-bond acceptors (Lipinski definition) is 2. The zero-order valence-corrected chi connectivity index (χ0v) is 10.6. The van der Waals surface area contributed by atoms with E-state index in [9.17, 15) is 0 Å². The SMILES string of the molecule is CC.CCNCC1CCN(C)CC1C. The summed E-state index contributed by atoms with van der Waals surface area (Å²) in [5, 5.41) is 3.44. The minimum Gasteiger partial charge on any atom is -0.317 e. The highest BCUT2D eigenvalue weighted by molar-refractivity contribution is 4.77. The molecule has 1 N–H and O–H groups in total. The summed E-state index contributed by atoms with van der Waals surface area (Å²) in [6, 6.07) is 0. The first-order valence-electron chi connectivity index (χ1n) is 6.13. The van der Waals surface area contributed by atoms with Crippen molar-refractivity contribution in [3.05, 3.63) is 0 Å². The molecule has 1 fully saturated rings. The molecular weight excluding hydrogens is 172 g/mol. The Hall–Kier alpha value is -0.0800. The molecule has 2 nitrogen and oxygen atoms in total. The van der Waals surface area contributed by atoms with Crippen molar-refractivity contribution in [2.75, 3.05) is 33.2 Å². The minimum atomic E-state index is 0.864. The maximum Gasteiger partial charge on any atom is 0.000710 e. The average molecular weight is 200 g/mol. The smallest absolute Gasteiger partial charge is 0.000710 e. The molecule has 2 unspecified atom stereocenters. The molecule has 1 rings (SSSR count). The molecule has 0 aromatic heterocycles. The topological polar surface area (TPSA) is 15.3 Å². The molecule has 0 amide bonds. The van der Waals surface area contributed by atoms with Crippen molar-refractivity contribution < 1.29 is 0 Å². The number of piperidine rings is 1. The lowest BCUT2D eigenvalue weighted by Crippen LogP contribution is -2.40. The molecule has 0 aliphatic carbocycles. The Kier molecular flexibility index (Phi) is 8.20. The quantitative estimate of drug-likeness (QED) is 0.751. The first kappa shape index (κ1) is 13.9. The Balaban J connectivity index is 0.000000791. The van der Waals surface area contributed by atoms with Crippen LogP contribution in [0.1, 0.15) is 34.1 Å². The maximum absolute atomic E-state index is 3.44. The van der Waals surface area contributed by atoms with Gasteiger partial charge in [0.1, 0.15) is 0 Å². The molecule has 0 aromatic rings. The average Bonchev–Trinajstić information content (AvgIpc) is 2.20. The second-order valence-corrected chi connectivity index (χ2v) is 4.10. The van der Waals surface area contributed by atoms with Gasteiger partial charge in [-0.3, -0.25) is 0 Å². The molecule has 86 valence electrons. The van der Waals surface area contributed by atoms with Gasteiger partial charge in [-0.25, -0.2) is 0 Å². The number of hydrogen-bond donors (Lipinski definition) is 1. The van der Waals surface area contributed by atoms with Crippen molar-refractivity contribution >= 4 is 0 Å². The molecule has 0 aromatic carbocycles. The van der Waals surface area contributed by atoms with Crippen LogP contribution in [0.25, 0.3) is 0 Å². The van der Waals surface area contributed by atoms with Crippen LogP contribution in [0.5, 0.6) is 0 Å². The predicted octanol–water partition coefficient (Wildman–Crippen LogP) is 2.21. The summed E-state index contributed by atoms with van der Waals surface area (Å²) < 4.78 is 0. The van der Waals surface area contributed by atoms with E-state index in [0.29, 0.717) is 0 Å².